The van der Waals surface area contributed by atoms with Crippen LogP contribution in [0.4, 0.5) is 10.5 Å². The number of hydrogen-bond donors (Lipinski definition) is 0. The van der Waals surface area contributed by atoms with E-state index in [1.807, 2.05) is 20.8 Å². The number of anilines is 1. The van der Waals surface area contributed by atoms with Crippen molar-refractivity contribution in [3.63, 3.8) is 0 Å². The van der Waals surface area contributed by atoms with Gasteiger partial charge in [0.25, 0.3) is 5.91 Å². The van der Waals surface area contributed by atoms with Gasteiger partial charge in [0.2, 0.25) is 0 Å². The summed E-state index contributed by atoms with van der Waals surface area (Å²) in [6, 6.07) is 7.90. The van der Waals surface area contributed by atoms with Crippen LogP contribution in [0.3, 0.4) is 0 Å². The number of imide groups is 1. The third-order valence-electron chi connectivity index (χ3n) is 5.95. The van der Waals surface area contributed by atoms with E-state index in [1.165, 1.54) is 10.5 Å². The maximum Gasteiger partial charge on any atom is 0.332 e. The highest BCUT2D eigenvalue weighted by atomic mass is 16.5. The number of urea groups is 1. The molecule has 0 unspecified atom stereocenters. The molecule has 1 aromatic carbocycles. The quantitative estimate of drug-likeness (QED) is 0.568. The summed E-state index contributed by atoms with van der Waals surface area (Å²) in [5.41, 5.74) is 3.60. The fourth-order valence-corrected chi connectivity index (χ4v) is 3.88. The Morgan fingerprint density at radius 3 is 2.42 bits per heavy atom. The van der Waals surface area contributed by atoms with Gasteiger partial charge < -0.3 is 9.42 Å². The average Bonchev–Trinajstić information content (AvgIpc) is 3.35. The first kappa shape index (κ1) is 20.8. The third kappa shape index (κ3) is 3.73. The van der Waals surface area contributed by atoms with Crippen LogP contribution in [0.2, 0.25) is 0 Å². The fourth-order valence-electron chi connectivity index (χ4n) is 3.88. The number of aryl methyl sites for hydroxylation is 3. The molecule has 4 rings (SSSR count). The minimum atomic E-state index is -0.925. The van der Waals surface area contributed by atoms with Crippen molar-refractivity contribution in [2.45, 2.75) is 53.1 Å². The summed E-state index contributed by atoms with van der Waals surface area (Å²) in [7, 11) is 0. The molecular weight excluding hydrogens is 394 g/mol. The molecule has 3 amide bonds. The lowest BCUT2D eigenvalue weighted by Gasteiger charge is -2.27. The molecule has 0 bridgehead atoms. The zero-order valence-electron chi connectivity index (χ0n) is 18.5. The summed E-state index contributed by atoms with van der Waals surface area (Å²) >= 11 is 0. The fraction of sp³-hybridized carbons (Fsp3) is 0.391. The van der Waals surface area contributed by atoms with Crippen LogP contribution in [0.25, 0.3) is 0 Å². The van der Waals surface area contributed by atoms with Crippen molar-refractivity contribution < 1.29 is 14.1 Å². The van der Waals surface area contributed by atoms with Crippen LogP contribution in [0.5, 0.6) is 0 Å². The number of benzene rings is 1. The van der Waals surface area contributed by atoms with E-state index >= 15 is 0 Å². The van der Waals surface area contributed by atoms with Gasteiger partial charge in [-0.25, -0.2) is 9.69 Å². The van der Waals surface area contributed by atoms with Crippen molar-refractivity contribution in [1.82, 2.24) is 19.8 Å². The number of nitrogens with zero attached hydrogens (tertiary/aromatic N) is 5. The van der Waals surface area contributed by atoms with Crippen molar-refractivity contribution in [2.75, 3.05) is 11.4 Å². The predicted octanol–water partition coefficient (Wildman–Crippen LogP) is 3.63. The van der Waals surface area contributed by atoms with Crippen LogP contribution < -0.4 is 4.90 Å². The molecule has 1 aliphatic rings. The molecule has 3 aromatic rings. The van der Waals surface area contributed by atoms with Crippen LogP contribution in [-0.4, -0.2) is 43.9 Å². The van der Waals surface area contributed by atoms with Gasteiger partial charge in [-0.2, -0.15) is 5.10 Å². The Labute approximate surface area is 181 Å². The summed E-state index contributed by atoms with van der Waals surface area (Å²) in [6.07, 6.45) is 3.94. The molecule has 2 aromatic heterocycles. The second-order valence-electron chi connectivity index (χ2n) is 8.57. The van der Waals surface area contributed by atoms with E-state index in [0.29, 0.717) is 25.2 Å². The maximum absolute atomic E-state index is 13.2. The molecule has 3 heterocycles. The van der Waals surface area contributed by atoms with Crippen LogP contribution in [0, 0.1) is 20.8 Å². The lowest BCUT2D eigenvalue weighted by Crippen LogP contribution is -2.45. The lowest BCUT2D eigenvalue weighted by molar-refractivity contribution is -0.123. The summed E-state index contributed by atoms with van der Waals surface area (Å²) in [6.45, 7) is 10.3. The number of hydrogen-bond acceptors (Lipinski definition) is 5. The SMILES string of the molecule is Cc1ccc(CCN2C(=O)N(c3cnn(Cc4c(C)noc4C)c3)C(=O)C2(C)C)cc1. The standard InChI is InChI=1S/C23H27N5O3/c1-15-6-8-18(9-7-15)10-11-27-22(30)28(21(29)23(27,4)5)19-12-24-26(13-19)14-20-16(2)25-31-17(20)3/h6-9,12-13H,10-11,14H2,1-5H3. The first-order chi connectivity index (χ1) is 14.7. The largest absolute Gasteiger partial charge is 0.361 e. The second-order valence-corrected chi connectivity index (χ2v) is 8.57. The lowest BCUT2D eigenvalue weighted by atomic mass is 10.0. The van der Waals surface area contributed by atoms with Gasteiger partial charge >= 0.3 is 6.03 Å². The molecule has 0 N–H and O–H groups in total. The summed E-state index contributed by atoms with van der Waals surface area (Å²) in [5, 5.41) is 8.30. The maximum atomic E-state index is 13.2. The summed E-state index contributed by atoms with van der Waals surface area (Å²) in [5.74, 6) is 0.476. The number of aromatic nitrogens is 3. The van der Waals surface area contributed by atoms with Crippen molar-refractivity contribution in [3.8, 4) is 0 Å². The Balaban J connectivity index is 1.52. The topological polar surface area (TPSA) is 84.5 Å². The third-order valence-corrected chi connectivity index (χ3v) is 5.95. The van der Waals surface area contributed by atoms with Crippen molar-refractivity contribution in [3.05, 3.63) is 64.8 Å². The molecule has 0 aliphatic carbocycles. The monoisotopic (exact) mass is 421 g/mol. The second kappa shape index (κ2) is 7.68. The molecular formula is C23H27N5O3. The Bertz CT molecular complexity index is 1110. The first-order valence-corrected chi connectivity index (χ1v) is 10.3. The van der Waals surface area contributed by atoms with E-state index in [1.54, 1.807) is 35.8 Å². The van der Waals surface area contributed by atoms with Gasteiger partial charge in [-0.1, -0.05) is 35.0 Å². The number of rotatable bonds is 6. The van der Waals surface area contributed by atoms with Crippen LogP contribution in [0.15, 0.2) is 41.2 Å². The highest BCUT2D eigenvalue weighted by Gasteiger charge is 2.51. The minimum Gasteiger partial charge on any atom is -0.361 e. The van der Waals surface area contributed by atoms with Gasteiger partial charge in [0.05, 0.1) is 24.1 Å². The molecule has 1 fully saturated rings. The summed E-state index contributed by atoms with van der Waals surface area (Å²) < 4.78 is 6.89. The van der Waals surface area contributed by atoms with Crippen molar-refractivity contribution in [1.29, 1.82) is 0 Å². The van der Waals surface area contributed by atoms with Gasteiger partial charge in [0.15, 0.2) is 0 Å². The molecule has 1 saturated heterocycles. The van der Waals surface area contributed by atoms with Crippen molar-refractivity contribution in [2.24, 2.45) is 0 Å². The predicted molar refractivity (Wildman–Crippen MR) is 116 cm³/mol. The number of amides is 3. The Morgan fingerprint density at radius 2 is 1.77 bits per heavy atom. The van der Waals surface area contributed by atoms with Gasteiger partial charge in [-0.3, -0.25) is 9.48 Å². The molecule has 0 spiro atoms. The van der Waals surface area contributed by atoms with Crippen LogP contribution >= 0.6 is 0 Å². The van der Waals surface area contributed by atoms with Gasteiger partial charge in [-0.15, -0.1) is 0 Å². The minimum absolute atomic E-state index is 0.252. The van der Waals surface area contributed by atoms with Gasteiger partial charge in [0, 0.05) is 18.3 Å². The Morgan fingerprint density at radius 1 is 1.06 bits per heavy atom. The normalized spacial score (nSPS) is 15.9. The van der Waals surface area contributed by atoms with Crippen molar-refractivity contribution >= 4 is 17.6 Å². The highest BCUT2D eigenvalue weighted by Crippen LogP contribution is 2.32. The van der Waals surface area contributed by atoms with E-state index < -0.39 is 5.54 Å². The number of carbonyl (C=O) groups is 2. The van der Waals surface area contributed by atoms with E-state index in [2.05, 4.69) is 34.5 Å². The van der Waals surface area contributed by atoms with Crippen LogP contribution in [0.1, 0.15) is 42.0 Å². The molecule has 31 heavy (non-hydrogen) atoms. The van der Waals surface area contributed by atoms with E-state index in [-0.39, 0.29) is 11.9 Å². The zero-order valence-corrected chi connectivity index (χ0v) is 18.5. The van der Waals surface area contributed by atoms with Gasteiger partial charge in [0.1, 0.15) is 11.3 Å². The molecule has 8 heteroatoms. The Hall–Kier alpha value is -3.42. The van der Waals surface area contributed by atoms with Gasteiger partial charge in [-0.05, 0) is 46.6 Å². The zero-order chi connectivity index (χ0) is 22.3. The molecule has 8 nitrogen and oxygen atoms in total. The highest BCUT2D eigenvalue weighted by molar-refractivity contribution is 6.22. The average molecular weight is 422 g/mol. The number of carbonyl (C=O) groups excluding carboxylic acids is 2. The first-order valence-electron chi connectivity index (χ1n) is 10.3. The molecule has 162 valence electrons. The van der Waals surface area contributed by atoms with E-state index in [0.717, 1.165) is 22.6 Å². The molecule has 0 atom stereocenters. The molecule has 1 aliphatic heterocycles. The summed E-state index contributed by atoms with van der Waals surface area (Å²) in [4.78, 5) is 29.2. The van der Waals surface area contributed by atoms with Crippen LogP contribution in [-0.2, 0) is 17.8 Å². The molecule has 0 saturated carbocycles. The van der Waals surface area contributed by atoms with E-state index in [9.17, 15) is 9.59 Å². The Kier molecular flexibility index (Phi) is 5.16. The smallest absolute Gasteiger partial charge is 0.332 e. The molecule has 0 radical (unpaired) electrons. The van der Waals surface area contributed by atoms with E-state index in [4.69, 9.17) is 4.52 Å².